The van der Waals surface area contributed by atoms with E-state index in [1.807, 2.05) is 18.2 Å². The first kappa shape index (κ1) is 23.1. The van der Waals surface area contributed by atoms with Crippen LogP contribution in [-0.4, -0.2) is 20.6 Å². The normalized spacial score (nSPS) is 10.9. The van der Waals surface area contributed by atoms with Gasteiger partial charge in [0.15, 0.2) is 5.76 Å². The minimum absolute atomic E-state index is 0.0584. The highest BCUT2D eigenvalue weighted by Crippen LogP contribution is 2.29. The number of benzene rings is 3. The Labute approximate surface area is 210 Å². The van der Waals surface area contributed by atoms with Gasteiger partial charge >= 0.3 is 0 Å². The second kappa shape index (κ2) is 9.93. The summed E-state index contributed by atoms with van der Waals surface area (Å²) in [6, 6.07) is 21.3. The van der Waals surface area contributed by atoms with E-state index in [2.05, 4.69) is 34.7 Å². The van der Waals surface area contributed by atoms with Crippen LogP contribution in [0.3, 0.4) is 0 Å². The lowest BCUT2D eigenvalue weighted by atomic mass is 10.0. The summed E-state index contributed by atoms with van der Waals surface area (Å²) in [4.78, 5) is 23.1. The minimum atomic E-state index is -0.539. The molecule has 1 N–H and O–H groups in total. The molecule has 0 aliphatic heterocycles. The summed E-state index contributed by atoms with van der Waals surface area (Å²) in [6.07, 6.45) is 3.32. The molecule has 0 radical (unpaired) electrons. The Morgan fingerprint density at radius 3 is 2.81 bits per heavy atom. The molecule has 9 nitrogen and oxygen atoms in total. The number of anilines is 1. The van der Waals surface area contributed by atoms with Crippen molar-refractivity contribution in [3.05, 3.63) is 117 Å². The zero-order valence-corrected chi connectivity index (χ0v) is 19.5. The first-order valence-corrected chi connectivity index (χ1v) is 11.3. The van der Waals surface area contributed by atoms with Gasteiger partial charge in [0.25, 0.3) is 11.6 Å². The van der Waals surface area contributed by atoms with Gasteiger partial charge in [-0.3, -0.25) is 19.6 Å². The molecule has 2 aromatic heterocycles. The molecular weight excluding hydrogens is 484 g/mol. The average molecular weight is 503 g/mol. The van der Waals surface area contributed by atoms with Crippen molar-refractivity contribution < 1.29 is 18.9 Å². The molecule has 2 heterocycles. The summed E-state index contributed by atoms with van der Waals surface area (Å²) in [5.41, 5.74) is 1.50. The Kier molecular flexibility index (Phi) is 6.38. The van der Waals surface area contributed by atoms with E-state index < -0.39 is 10.8 Å². The van der Waals surface area contributed by atoms with E-state index in [9.17, 15) is 14.9 Å². The number of hydrogen-bond acceptors (Lipinski definition) is 6. The summed E-state index contributed by atoms with van der Waals surface area (Å²) >= 11 is 6.04. The molecule has 0 fully saturated rings. The van der Waals surface area contributed by atoms with Crippen molar-refractivity contribution in [1.29, 1.82) is 0 Å². The van der Waals surface area contributed by atoms with Gasteiger partial charge in [-0.25, -0.2) is 0 Å². The third kappa shape index (κ3) is 5.06. The molecule has 0 saturated carbocycles. The van der Waals surface area contributed by atoms with Crippen LogP contribution in [0.1, 0.15) is 21.9 Å². The van der Waals surface area contributed by atoms with E-state index in [4.69, 9.17) is 20.8 Å². The SMILES string of the molecule is O=C(Nc1cnn(Cc2cccc3ccccc23)c1)c1ccc(COc2cc([N+](=O)[O-])ccc2Cl)o1. The van der Waals surface area contributed by atoms with E-state index in [-0.39, 0.29) is 28.8 Å². The van der Waals surface area contributed by atoms with Gasteiger partial charge in [0.2, 0.25) is 0 Å². The minimum Gasteiger partial charge on any atom is -0.484 e. The monoisotopic (exact) mass is 502 g/mol. The fourth-order valence-electron chi connectivity index (χ4n) is 3.75. The highest BCUT2D eigenvalue weighted by molar-refractivity contribution is 6.32. The second-order valence-corrected chi connectivity index (χ2v) is 8.35. The van der Waals surface area contributed by atoms with Gasteiger partial charge in [-0.2, -0.15) is 5.10 Å². The number of nitro groups is 1. The van der Waals surface area contributed by atoms with Crippen molar-refractivity contribution in [2.24, 2.45) is 0 Å². The first-order valence-electron chi connectivity index (χ1n) is 10.9. The number of nitrogens with one attached hydrogen (secondary N) is 1. The van der Waals surface area contributed by atoms with Crippen molar-refractivity contribution in [3.63, 3.8) is 0 Å². The zero-order chi connectivity index (χ0) is 25.1. The lowest BCUT2D eigenvalue weighted by Crippen LogP contribution is -2.10. The number of ether oxygens (including phenoxy) is 1. The Morgan fingerprint density at radius 1 is 1.11 bits per heavy atom. The highest BCUT2D eigenvalue weighted by Gasteiger charge is 2.15. The number of nitro benzene ring substituents is 1. The van der Waals surface area contributed by atoms with Crippen LogP contribution in [0.15, 0.2) is 89.6 Å². The van der Waals surface area contributed by atoms with Gasteiger partial charge in [-0.1, -0.05) is 54.1 Å². The fraction of sp³-hybridized carbons (Fsp3) is 0.0769. The van der Waals surface area contributed by atoms with Crippen LogP contribution in [0.25, 0.3) is 10.8 Å². The second-order valence-electron chi connectivity index (χ2n) is 7.95. The molecule has 0 aliphatic carbocycles. The number of hydrogen-bond donors (Lipinski definition) is 1. The molecule has 1 amide bonds. The van der Waals surface area contributed by atoms with Crippen LogP contribution in [0.2, 0.25) is 5.02 Å². The van der Waals surface area contributed by atoms with Crippen molar-refractivity contribution in [3.8, 4) is 5.75 Å². The molecule has 3 aromatic carbocycles. The van der Waals surface area contributed by atoms with Gasteiger partial charge in [0, 0.05) is 12.3 Å². The summed E-state index contributed by atoms with van der Waals surface area (Å²) in [5, 5.41) is 20.6. The number of amides is 1. The number of carbonyl (C=O) groups is 1. The fourth-order valence-corrected chi connectivity index (χ4v) is 3.93. The van der Waals surface area contributed by atoms with E-state index in [1.54, 1.807) is 23.1 Å². The van der Waals surface area contributed by atoms with Crippen molar-refractivity contribution in [2.45, 2.75) is 13.2 Å². The number of halogens is 1. The van der Waals surface area contributed by atoms with Crippen LogP contribution in [0.4, 0.5) is 11.4 Å². The Hall–Kier alpha value is -4.63. The number of furan rings is 1. The maximum Gasteiger partial charge on any atom is 0.291 e. The van der Waals surface area contributed by atoms with Crippen LogP contribution in [0, 0.1) is 10.1 Å². The van der Waals surface area contributed by atoms with Gasteiger partial charge in [0.05, 0.1) is 34.4 Å². The van der Waals surface area contributed by atoms with Crippen molar-refractivity contribution >= 4 is 39.7 Å². The van der Waals surface area contributed by atoms with Gasteiger partial charge in [0.1, 0.15) is 18.1 Å². The summed E-state index contributed by atoms with van der Waals surface area (Å²) in [6.45, 7) is 0.497. The Bertz CT molecular complexity index is 1570. The Balaban J connectivity index is 1.21. The molecule has 0 bridgehead atoms. The third-order valence-electron chi connectivity index (χ3n) is 5.48. The number of aromatic nitrogens is 2. The molecule has 5 rings (SSSR count). The van der Waals surface area contributed by atoms with Crippen LogP contribution < -0.4 is 10.1 Å². The molecule has 5 aromatic rings. The summed E-state index contributed by atoms with van der Waals surface area (Å²) in [5.74, 6) is 0.140. The van der Waals surface area contributed by atoms with Crippen molar-refractivity contribution in [2.75, 3.05) is 5.32 Å². The van der Waals surface area contributed by atoms with Crippen LogP contribution in [0.5, 0.6) is 5.75 Å². The van der Waals surface area contributed by atoms with Gasteiger partial charge in [-0.05, 0) is 34.5 Å². The lowest BCUT2D eigenvalue weighted by Gasteiger charge is -2.06. The standard InChI is InChI=1S/C26H19ClN4O5/c27-23-10-8-20(31(33)34)12-25(23)35-16-21-9-11-24(36-21)26(32)29-19-13-28-30(15-19)14-18-6-3-5-17-4-1-2-7-22(17)18/h1-13,15H,14,16H2,(H,29,32). The quantitative estimate of drug-likeness (QED) is 0.203. The number of fused-ring (bicyclic) bond motifs is 1. The van der Waals surface area contributed by atoms with E-state index in [1.165, 1.54) is 24.3 Å². The summed E-state index contributed by atoms with van der Waals surface area (Å²) in [7, 11) is 0. The third-order valence-corrected chi connectivity index (χ3v) is 5.80. The largest absolute Gasteiger partial charge is 0.484 e. The highest BCUT2D eigenvalue weighted by atomic mass is 35.5. The number of carbonyl (C=O) groups excluding carboxylic acids is 1. The Morgan fingerprint density at radius 2 is 1.94 bits per heavy atom. The number of non-ortho nitro benzene ring substituents is 1. The van der Waals surface area contributed by atoms with E-state index >= 15 is 0 Å². The molecule has 0 atom stereocenters. The average Bonchev–Trinajstić information content (AvgIpc) is 3.53. The van der Waals surface area contributed by atoms with Gasteiger partial charge < -0.3 is 14.5 Å². The number of rotatable bonds is 8. The maximum absolute atomic E-state index is 12.6. The topological polar surface area (TPSA) is 112 Å². The predicted molar refractivity (Wildman–Crippen MR) is 134 cm³/mol. The maximum atomic E-state index is 12.6. The number of nitrogens with zero attached hydrogens (tertiary/aromatic N) is 3. The molecule has 0 unspecified atom stereocenters. The van der Waals surface area contributed by atoms with Gasteiger partial charge in [-0.15, -0.1) is 0 Å². The van der Waals surface area contributed by atoms with Crippen LogP contribution in [-0.2, 0) is 13.2 Å². The van der Waals surface area contributed by atoms with Crippen molar-refractivity contribution in [1.82, 2.24) is 9.78 Å². The van der Waals surface area contributed by atoms with Crippen LogP contribution >= 0.6 is 11.6 Å². The molecule has 180 valence electrons. The molecule has 0 aliphatic rings. The summed E-state index contributed by atoms with van der Waals surface area (Å²) < 4.78 is 12.9. The van der Waals surface area contributed by atoms with E-state index in [0.717, 1.165) is 16.3 Å². The smallest absolute Gasteiger partial charge is 0.291 e. The lowest BCUT2D eigenvalue weighted by molar-refractivity contribution is -0.384. The molecule has 0 spiro atoms. The molecule has 0 saturated heterocycles. The first-order chi connectivity index (χ1) is 17.5. The zero-order valence-electron chi connectivity index (χ0n) is 18.8. The molecule has 36 heavy (non-hydrogen) atoms. The van der Waals surface area contributed by atoms with E-state index in [0.29, 0.717) is 18.0 Å². The molecule has 10 heteroatoms. The predicted octanol–water partition coefficient (Wildman–Crippen LogP) is 6.07. The molecular formula is C26H19ClN4O5.